The summed E-state index contributed by atoms with van der Waals surface area (Å²) < 4.78 is 0. The lowest BCUT2D eigenvalue weighted by Crippen LogP contribution is -1.82. The van der Waals surface area contributed by atoms with Gasteiger partial charge in [-0.3, -0.25) is 0 Å². The van der Waals surface area contributed by atoms with Crippen LogP contribution in [0.4, 0.5) is 0 Å². The van der Waals surface area contributed by atoms with Crippen LogP contribution in [-0.4, -0.2) is 15.1 Å². The third kappa shape index (κ3) is 1.13. The van der Waals surface area contributed by atoms with Gasteiger partial charge in [0.05, 0.1) is 12.4 Å². The maximum absolute atomic E-state index is 8.57. The zero-order valence-electron chi connectivity index (χ0n) is 4.44. The van der Waals surface area contributed by atoms with E-state index in [-0.39, 0.29) is 11.6 Å². The molecule has 0 aromatic carbocycles. The summed E-state index contributed by atoms with van der Waals surface area (Å²) in [6, 6.07) is 1.77. The zero-order valence-corrected chi connectivity index (χ0v) is 4.44. The number of aromatic nitrogens is 2. The lowest BCUT2D eigenvalue weighted by molar-refractivity contribution is 0.450. The highest BCUT2D eigenvalue weighted by atomic mass is 16.3. The highest BCUT2D eigenvalue weighted by Gasteiger charge is 1.89. The molecule has 1 aromatic heterocycles. The number of nitrogens with zero attached hydrogens (tertiary/aromatic N) is 3. The molecule has 0 amide bonds. The smallest absolute Gasteiger partial charge is 0.229 e. The first-order valence-electron chi connectivity index (χ1n) is 2.24. The van der Waals surface area contributed by atoms with Gasteiger partial charge in [0.25, 0.3) is 0 Å². The second-order valence-corrected chi connectivity index (χ2v) is 1.37. The molecule has 0 aliphatic carbocycles. The van der Waals surface area contributed by atoms with Crippen molar-refractivity contribution in [1.29, 1.82) is 5.26 Å². The van der Waals surface area contributed by atoms with Crippen molar-refractivity contribution >= 4 is 0 Å². The molecule has 1 aromatic rings. The maximum Gasteiger partial charge on any atom is 0.229 e. The standard InChI is InChI=1S/C5H3N3O/c6-1-4-2-8-5(9)3-7-4/h2-3H,(H,8,9). The van der Waals surface area contributed by atoms with Gasteiger partial charge in [-0.25, -0.2) is 9.97 Å². The molecule has 0 saturated heterocycles. The van der Waals surface area contributed by atoms with Gasteiger partial charge in [0.2, 0.25) is 5.88 Å². The van der Waals surface area contributed by atoms with Crippen molar-refractivity contribution in [2.45, 2.75) is 0 Å². The summed E-state index contributed by atoms with van der Waals surface area (Å²) in [5.74, 6) is -0.172. The van der Waals surface area contributed by atoms with E-state index in [4.69, 9.17) is 10.4 Å². The molecule has 0 atom stereocenters. The Hall–Kier alpha value is -1.63. The Balaban J connectivity index is 3.06. The van der Waals surface area contributed by atoms with E-state index >= 15 is 0 Å². The van der Waals surface area contributed by atoms with E-state index in [9.17, 15) is 0 Å². The summed E-state index contributed by atoms with van der Waals surface area (Å²) in [5, 5.41) is 16.8. The second kappa shape index (κ2) is 2.09. The molecule has 0 saturated carbocycles. The molecule has 0 fully saturated rings. The Bertz CT molecular complexity index is 235. The van der Waals surface area contributed by atoms with Crippen LogP contribution in [0.1, 0.15) is 5.69 Å². The van der Waals surface area contributed by atoms with Crippen LogP contribution in [0.15, 0.2) is 12.4 Å². The van der Waals surface area contributed by atoms with Gasteiger partial charge in [-0.1, -0.05) is 0 Å². The molecule has 4 heteroatoms. The van der Waals surface area contributed by atoms with Crippen LogP contribution in [0.3, 0.4) is 0 Å². The van der Waals surface area contributed by atoms with Crippen molar-refractivity contribution in [2.75, 3.05) is 0 Å². The van der Waals surface area contributed by atoms with Crippen LogP contribution in [0.2, 0.25) is 0 Å². The fourth-order valence-corrected chi connectivity index (χ4v) is 0.379. The minimum atomic E-state index is -0.172. The Morgan fingerprint density at radius 3 is 2.67 bits per heavy atom. The first-order chi connectivity index (χ1) is 4.33. The molecule has 0 bridgehead atoms. The SMILES string of the molecule is N#Cc1cnc(O)cn1. The maximum atomic E-state index is 8.57. The predicted molar refractivity (Wildman–Crippen MR) is 28.4 cm³/mol. The number of hydrogen-bond donors (Lipinski definition) is 1. The third-order valence-corrected chi connectivity index (χ3v) is 0.753. The number of rotatable bonds is 0. The zero-order chi connectivity index (χ0) is 6.69. The van der Waals surface area contributed by atoms with Crippen LogP contribution in [-0.2, 0) is 0 Å². The summed E-state index contributed by atoms with van der Waals surface area (Å²) >= 11 is 0. The van der Waals surface area contributed by atoms with Gasteiger partial charge in [0.1, 0.15) is 6.07 Å². The monoisotopic (exact) mass is 121 g/mol. The summed E-state index contributed by atoms with van der Waals surface area (Å²) in [7, 11) is 0. The van der Waals surface area contributed by atoms with Crippen molar-refractivity contribution in [3.63, 3.8) is 0 Å². The van der Waals surface area contributed by atoms with Crippen LogP contribution in [0.25, 0.3) is 0 Å². The first kappa shape index (κ1) is 5.51. The van der Waals surface area contributed by atoms with E-state index in [2.05, 4.69) is 9.97 Å². The fraction of sp³-hybridized carbons (Fsp3) is 0. The first-order valence-corrected chi connectivity index (χ1v) is 2.24. The molecule has 1 heterocycles. The van der Waals surface area contributed by atoms with Gasteiger partial charge >= 0.3 is 0 Å². The molecule has 0 spiro atoms. The molecule has 0 radical (unpaired) electrons. The van der Waals surface area contributed by atoms with Crippen LogP contribution in [0.5, 0.6) is 5.88 Å². The Morgan fingerprint density at radius 2 is 2.22 bits per heavy atom. The molecule has 44 valence electrons. The molecular formula is C5H3N3O. The van der Waals surface area contributed by atoms with Crippen molar-refractivity contribution in [3.05, 3.63) is 18.1 Å². The molecule has 4 nitrogen and oxygen atoms in total. The summed E-state index contributed by atoms with van der Waals surface area (Å²) in [4.78, 5) is 6.94. The quantitative estimate of drug-likeness (QED) is 0.526. The highest BCUT2D eigenvalue weighted by molar-refractivity contribution is 5.17. The van der Waals surface area contributed by atoms with Crippen LogP contribution < -0.4 is 0 Å². The number of nitriles is 1. The molecular weight excluding hydrogens is 118 g/mol. The molecule has 1 rings (SSSR count). The third-order valence-electron chi connectivity index (χ3n) is 0.753. The Labute approximate surface area is 51.4 Å². The average Bonchev–Trinajstić information content (AvgIpc) is 1.90. The minimum Gasteiger partial charge on any atom is -0.492 e. The van der Waals surface area contributed by atoms with Gasteiger partial charge in [-0.05, 0) is 0 Å². The molecule has 9 heavy (non-hydrogen) atoms. The van der Waals surface area contributed by atoms with E-state index in [0.717, 1.165) is 6.20 Å². The van der Waals surface area contributed by atoms with Gasteiger partial charge in [-0.15, -0.1) is 0 Å². The molecule has 0 aliphatic heterocycles. The second-order valence-electron chi connectivity index (χ2n) is 1.37. The van der Waals surface area contributed by atoms with Gasteiger partial charge < -0.3 is 5.11 Å². The van der Waals surface area contributed by atoms with E-state index < -0.39 is 0 Å². The topological polar surface area (TPSA) is 69.8 Å². The largest absolute Gasteiger partial charge is 0.492 e. The molecule has 0 unspecified atom stereocenters. The van der Waals surface area contributed by atoms with E-state index in [0.29, 0.717) is 0 Å². The lowest BCUT2D eigenvalue weighted by atomic mass is 10.5. The number of aromatic hydroxyl groups is 1. The number of hydrogen-bond acceptors (Lipinski definition) is 4. The van der Waals surface area contributed by atoms with E-state index in [1.807, 2.05) is 0 Å². The van der Waals surface area contributed by atoms with E-state index in [1.165, 1.54) is 6.20 Å². The van der Waals surface area contributed by atoms with Crippen LogP contribution in [0, 0.1) is 11.3 Å². The van der Waals surface area contributed by atoms with Gasteiger partial charge in [0, 0.05) is 0 Å². The highest BCUT2D eigenvalue weighted by Crippen LogP contribution is 1.97. The molecule has 0 aliphatic rings. The van der Waals surface area contributed by atoms with Crippen molar-refractivity contribution in [3.8, 4) is 11.9 Å². The fourth-order valence-electron chi connectivity index (χ4n) is 0.379. The van der Waals surface area contributed by atoms with Gasteiger partial charge in [0.15, 0.2) is 5.69 Å². The van der Waals surface area contributed by atoms with Gasteiger partial charge in [-0.2, -0.15) is 5.26 Å². The predicted octanol–water partition coefficient (Wildman–Crippen LogP) is 0.0539. The summed E-state index contributed by atoms with van der Waals surface area (Å²) in [6.07, 6.45) is 2.33. The van der Waals surface area contributed by atoms with E-state index in [1.54, 1.807) is 6.07 Å². The van der Waals surface area contributed by atoms with Crippen molar-refractivity contribution < 1.29 is 5.11 Å². The van der Waals surface area contributed by atoms with Crippen LogP contribution >= 0.6 is 0 Å². The van der Waals surface area contributed by atoms with Crippen molar-refractivity contribution in [1.82, 2.24) is 9.97 Å². The average molecular weight is 121 g/mol. The summed E-state index contributed by atoms with van der Waals surface area (Å²) in [6.45, 7) is 0. The normalized spacial score (nSPS) is 8.33. The van der Waals surface area contributed by atoms with Crippen molar-refractivity contribution in [2.24, 2.45) is 0 Å². The molecule has 1 N–H and O–H groups in total. The lowest BCUT2D eigenvalue weighted by Gasteiger charge is -1.85. The Kier molecular flexibility index (Phi) is 1.28. The minimum absolute atomic E-state index is 0.172. The Morgan fingerprint density at radius 1 is 1.44 bits per heavy atom. The summed E-state index contributed by atoms with van der Waals surface area (Å²) in [5.41, 5.74) is 0.202.